The van der Waals surface area contributed by atoms with E-state index in [1.807, 2.05) is 35.2 Å². The minimum absolute atomic E-state index is 0.0528. The first-order valence-corrected chi connectivity index (χ1v) is 7.15. The molecule has 1 atom stereocenters. The molecule has 1 aliphatic heterocycles. The average molecular weight is 274 g/mol. The molecule has 1 aliphatic rings. The van der Waals surface area contributed by atoms with Crippen molar-refractivity contribution in [2.45, 2.75) is 12.5 Å². The van der Waals surface area contributed by atoms with Crippen LogP contribution in [0.1, 0.15) is 16.9 Å². The number of aromatic nitrogens is 1. The van der Waals surface area contributed by atoms with Gasteiger partial charge in [-0.1, -0.05) is 18.2 Å². The Morgan fingerprint density at radius 1 is 1.37 bits per heavy atom. The predicted octanol–water partition coefficient (Wildman–Crippen LogP) is 2.58. The second-order valence-corrected chi connectivity index (χ2v) is 5.12. The van der Waals surface area contributed by atoms with Crippen molar-refractivity contribution in [3.8, 4) is 0 Å². The molecule has 0 radical (unpaired) electrons. The monoisotopic (exact) mass is 274 g/mol. The number of amides is 1. The van der Waals surface area contributed by atoms with Gasteiger partial charge in [-0.2, -0.15) is 0 Å². The van der Waals surface area contributed by atoms with Crippen molar-refractivity contribution < 1.29 is 9.53 Å². The van der Waals surface area contributed by atoms with Gasteiger partial charge >= 0.3 is 0 Å². The third-order valence-electron chi connectivity index (χ3n) is 3.18. The van der Waals surface area contributed by atoms with Gasteiger partial charge in [-0.25, -0.2) is 4.98 Å². The minimum Gasteiger partial charge on any atom is -0.379 e. The number of nitrogens with zero attached hydrogens (tertiary/aromatic N) is 2. The summed E-state index contributed by atoms with van der Waals surface area (Å²) in [5, 5.41) is 1.79. The average Bonchev–Trinajstić information content (AvgIpc) is 3.13. The molecule has 1 aromatic heterocycles. The summed E-state index contributed by atoms with van der Waals surface area (Å²) in [5.74, 6) is -0.0528. The molecule has 19 heavy (non-hydrogen) atoms. The molecular weight excluding hydrogens is 260 g/mol. The number of hydrogen-bond donors (Lipinski definition) is 0. The Morgan fingerprint density at radius 2 is 2.21 bits per heavy atom. The number of carbonyl (C=O) groups excluding carboxylic acids is 1. The highest BCUT2D eigenvalue weighted by atomic mass is 32.1. The van der Waals surface area contributed by atoms with E-state index in [1.165, 1.54) is 11.3 Å². The van der Waals surface area contributed by atoms with E-state index in [4.69, 9.17) is 4.74 Å². The Labute approximate surface area is 115 Å². The summed E-state index contributed by atoms with van der Waals surface area (Å²) in [6.45, 7) is 1.29. The first-order valence-electron chi connectivity index (χ1n) is 6.21. The van der Waals surface area contributed by atoms with E-state index in [1.54, 1.807) is 10.9 Å². The molecule has 0 N–H and O–H groups in total. The molecule has 2 aromatic rings. The van der Waals surface area contributed by atoms with E-state index in [2.05, 4.69) is 4.98 Å². The summed E-state index contributed by atoms with van der Waals surface area (Å²) in [4.78, 5) is 18.5. The molecule has 5 heteroatoms. The van der Waals surface area contributed by atoms with Gasteiger partial charge in [0.1, 0.15) is 5.69 Å². The standard InChI is InChI=1S/C14H14N2O2S/c17-14(13-9-19-10-15-13)16(12-6-7-18-8-12)11-4-2-1-3-5-11/h1-5,9-10,12H,6-8H2/t12-/m0/s1. The lowest BCUT2D eigenvalue weighted by atomic mass is 10.1. The Hall–Kier alpha value is -1.72. The minimum atomic E-state index is -0.0528. The van der Waals surface area contributed by atoms with E-state index < -0.39 is 0 Å². The third-order valence-corrected chi connectivity index (χ3v) is 3.76. The first-order chi connectivity index (χ1) is 9.36. The fourth-order valence-corrected chi connectivity index (χ4v) is 2.78. The van der Waals surface area contributed by atoms with E-state index in [0.29, 0.717) is 18.9 Å². The van der Waals surface area contributed by atoms with Crippen LogP contribution in [0.4, 0.5) is 5.69 Å². The van der Waals surface area contributed by atoms with Gasteiger partial charge in [-0.15, -0.1) is 11.3 Å². The van der Waals surface area contributed by atoms with Gasteiger partial charge in [-0.05, 0) is 18.6 Å². The Morgan fingerprint density at radius 3 is 2.84 bits per heavy atom. The predicted molar refractivity (Wildman–Crippen MR) is 74.6 cm³/mol. The number of rotatable bonds is 3. The first kappa shape index (κ1) is 12.3. The van der Waals surface area contributed by atoms with Crippen LogP contribution in [0.2, 0.25) is 0 Å². The van der Waals surface area contributed by atoms with E-state index in [-0.39, 0.29) is 11.9 Å². The van der Waals surface area contributed by atoms with Gasteiger partial charge in [0.2, 0.25) is 0 Å². The normalized spacial score (nSPS) is 18.4. The lowest BCUT2D eigenvalue weighted by Gasteiger charge is -2.27. The smallest absolute Gasteiger partial charge is 0.278 e. The molecule has 1 aromatic carbocycles. The van der Waals surface area contributed by atoms with E-state index >= 15 is 0 Å². The highest BCUT2D eigenvalue weighted by Gasteiger charge is 2.30. The molecule has 98 valence electrons. The van der Waals surface area contributed by atoms with Gasteiger partial charge in [0.05, 0.1) is 18.2 Å². The van der Waals surface area contributed by atoms with Crippen LogP contribution >= 0.6 is 11.3 Å². The van der Waals surface area contributed by atoms with E-state index in [9.17, 15) is 4.79 Å². The van der Waals surface area contributed by atoms with Crippen molar-refractivity contribution in [2.24, 2.45) is 0 Å². The lowest BCUT2D eigenvalue weighted by molar-refractivity contribution is 0.0967. The molecule has 0 unspecified atom stereocenters. The van der Waals surface area contributed by atoms with E-state index in [0.717, 1.165) is 12.1 Å². The second kappa shape index (κ2) is 5.50. The fraction of sp³-hybridized carbons (Fsp3) is 0.286. The Bertz CT molecular complexity index is 536. The Kier molecular flexibility index (Phi) is 3.57. The van der Waals surface area contributed by atoms with Gasteiger partial charge in [0.15, 0.2) is 0 Å². The molecule has 0 bridgehead atoms. The van der Waals surface area contributed by atoms with Crippen LogP contribution in [0.25, 0.3) is 0 Å². The summed E-state index contributed by atoms with van der Waals surface area (Å²) >= 11 is 1.43. The molecule has 2 heterocycles. The van der Waals surface area contributed by atoms with Crippen molar-refractivity contribution in [1.29, 1.82) is 0 Å². The van der Waals surface area contributed by atoms with Crippen LogP contribution < -0.4 is 4.90 Å². The van der Waals surface area contributed by atoms with Crippen molar-refractivity contribution in [3.63, 3.8) is 0 Å². The zero-order valence-electron chi connectivity index (χ0n) is 10.4. The van der Waals surface area contributed by atoms with Crippen LogP contribution in [0.15, 0.2) is 41.2 Å². The van der Waals surface area contributed by atoms with Crippen molar-refractivity contribution >= 4 is 22.9 Å². The van der Waals surface area contributed by atoms with Gasteiger partial charge in [0, 0.05) is 17.7 Å². The summed E-state index contributed by atoms with van der Waals surface area (Å²) in [7, 11) is 0. The SMILES string of the molecule is O=C(c1cscn1)N(c1ccccc1)[C@H]1CCOC1. The number of ether oxygens (including phenoxy) is 1. The number of hydrogen-bond acceptors (Lipinski definition) is 4. The molecule has 0 spiro atoms. The maximum absolute atomic E-state index is 12.6. The fourth-order valence-electron chi connectivity index (χ4n) is 2.25. The third kappa shape index (κ3) is 2.52. The zero-order chi connectivity index (χ0) is 13.1. The summed E-state index contributed by atoms with van der Waals surface area (Å²) in [6, 6.07) is 9.81. The van der Waals surface area contributed by atoms with Crippen LogP contribution in [0, 0.1) is 0 Å². The quantitative estimate of drug-likeness (QED) is 0.864. The number of para-hydroxylation sites is 1. The van der Waals surface area contributed by atoms with Crippen molar-refractivity contribution in [1.82, 2.24) is 4.98 Å². The molecular formula is C14H14N2O2S. The lowest BCUT2D eigenvalue weighted by Crippen LogP contribution is -2.41. The second-order valence-electron chi connectivity index (χ2n) is 4.40. The summed E-state index contributed by atoms with van der Waals surface area (Å²) in [6.07, 6.45) is 0.866. The molecule has 4 nitrogen and oxygen atoms in total. The maximum Gasteiger partial charge on any atom is 0.278 e. The largest absolute Gasteiger partial charge is 0.379 e. The molecule has 1 amide bonds. The van der Waals surface area contributed by atoms with Crippen LogP contribution in [-0.4, -0.2) is 30.1 Å². The van der Waals surface area contributed by atoms with Crippen molar-refractivity contribution in [2.75, 3.05) is 18.1 Å². The van der Waals surface area contributed by atoms with Gasteiger partial charge in [-0.3, -0.25) is 4.79 Å². The number of carbonyl (C=O) groups is 1. The number of anilines is 1. The topological polar surface area (TPSA) is 42.4 Å². The molecule has 0 aliphatic carbocycles. The zero-order valence-corrected chi connectivity index (χ0v) is 11.2. The number of benzene rings is 1. The molecule has 3 rings (SSSR count). The highest BCUT2D eigenvalue weighted by molar-refractivity contribution is 7.07. The molecule has 0 saturated carbocycles. The highest BCUT2D eigenvalue weighted by Crippen LogP contribution is 2.24. The van der Waals surface area contributed by atoms with Gasteiger partial charge in [0.25, 0.3) is 5.91 Å². The van der Waals surface area contributed by atoms with Crippen LogP contribution in [0.5, 0.6) is 0 Å². The number of thiazole rings is 1. The van der Waals surface area contributed by atoms with Gasteiger partial charge < -0.3 is 9.64 Å². The Balaban J connectivity index is 1.94. The molecule has 1 saturated heterocycles. The summed E-state index contributed by atoms with van der Waals surface area (Å²) in [5.41, 5.74) is 3.08. The molecule has 1 fully saturated rings. The summed E-state index contributed by atoms with van der Waals surface area (Å²) < 4.78 is 5.42. The van der Waals surface area contributed by atoms with Crippen LogP contribution in [-0.2, 0) is 4.74 Å². The van der Waals surface area contributed by atoms with Crippen molar-refractivity contribution in [3.05, 3.63) is 46.9 Å². The maximum atomic E-state index is 12.6. The van der Waals surface area contributed by atoms with Crippen LogP contribution in [0.3, 0.4) is 0 Å².